The monoisotopic (exact) mass is 216 g/mol. The Morgan fingerprint density at radius 3 is 1.87 bits per heavy atom. The molecule has 92 valence electrons. The number of hydrogen-bond acceptors (Lipinski definition) is 2. The van der Waals surface area contributed by atoms with Gasteiger partial charge < -0.3 is 9.84 Å². The Bertz CT molecular complexity index is 153. The molecule has 2 nitrogen and oxygen atoms in total. The zero-order valence-electron chi connectivity index (χ0n) is 11.2. The lowest BCUT2D eigenvalue weighted by molar-refractivity contribution is -0.0215. The summed E-state index contributed by atoms with van der Waals surface area (Å²) in [6, 6.07) is 0. The van der Waals surface area contributed by atoms with Gasteiger partial charge in [-0.1, -0.05) is 27.7 Å². The molecule has 0 amide bonds. The average molecular weight is 216 g/mol. The van der Waals surface area contributed by atoms with Gasteiger partial charge in [0.2, 0.25) is 0 Å². The average Bonchev–Trinajstić information content (AvgIpc) is 2.01. The van der Waals surface area contributed by atoms with Gasteiger partial charge >= 0.3 is 0 Å². The van der Waals surface area contributed by atoms with Gasteiger partial charge in [-0.3, -0.25) is 0 Å². The number of hydrogen-bond donors (Lipinski definition) is 1. The topological polar surface area (TPSA) is 29.5 Å². The molecule has 0 aliphatic carbocycles. The third-order valence-electron chi connectivity index (χ3n) is 2.69. The Hall–Kier alpha value is -0.0800. The summed E-state index contributed by atoms with van der Waals surface area (Å²) in [7, 11) is 0. The van der Waals surface area contributed by atoms with Gasteiger partial charge in [-0.05, 0) is 32.1 Å². The molecule has 0 aromatic heterocycles. The van der Waals surface area contributed by atoms with Crippen molar-refractivity contribution in [2.45, 2.75) is 60.2 Å². The van der Waals surface area contributed by atoms with Crippen molar-refractivity contribution in [2.75, 3.05) is 6.61 Å². The summed E-state index contributed by atoms with van der Waals surface area (Å²) in [6.45, 7) is 13.3. The molecule has 0 bridgehead atoms. The highest BCUT2D eigenvalue weighted by molar-refractivity contribution is 4.73. The van der Waals surface area contributed by atoms with E-state index in [0.717, 1.165) is 6.42 Å². The van der Waals surface area contributed by atoms with Crippen LogP contribution in [0.5, 0.6) is 0 Å². The third-order valence-corrected chi connectivity index (χ3v) is 2.69. The van der Waals surface area contributed by atoms with E-state index in [2.05, 4.69) is 27.7 Å². The van der Waals surface area contributed by atoms with Crippen LogP contribution in [0.1, 0.15) is 48.0 Å². The zero-order chi connectivity index (χ0) is 12.0. The lowest BCUT2D eigenvalue weighted by atomic mass is 9.87. The Morgan fingerprint density at radius 1 is 1.00 bits per heavy atom. The molecule has 0 heterocycles. The third kappa shape index (κ3) is 6.91. The maximum absolute atomic E-state index is 10.1. The summed E-state index contributed by atoms with van der Waals surface area (Å²) in [5, 5.41) is 10.1. The smallest absolute Gasteiger partial charge is 0.0595 e. The van der Waals surface area contributed by atoms with Crippen molar-refractivity contribution in [1.82, 2.24) is 0 Å². The van der Waals surface area contributed by atoms with Crippen molar-refractivity contribution in [2.24, 2.45) is 17.8 Å². The minimum atomic E-state index is -0.233. The molecule has 0 saturated heterocycles. The SMILES string of the molecule is CC(C)C[C@@H](O)[C@H](COC(C)C)C(C)C. The molecule has 0 radical (unpaired) electrons. The molecule has 0 aliphatic heterocycles. The van der Waals surface area contributed by atoms with E-state index in [4.69, 9.17) is 4.74 Å². The van der Waals surface area contributed by atoms with E-state index >= 15 is 0 Å². The fourth-order valence-electron chi connectivity index (χ4n) is 1.71. The molecule has 0 aromatic carbocycles. The van der Waals surface area contributed by atoms with E-state index in [9.17, 15) is 5.11 Å². The van der Waals surface area contributed by atoms with E-state index in [0.29, 0.717) is 18.4 Å². The number of aliphatic hydroxyl groups excluding tert-OH is 1. The number of aliphatic hydroxyl groups is 1. The molecule has 0 rings (SSSR count). The van der Waals surface area contributed by atoms with Crippen LogP contribution in [0.4, 0.5) is 0 Å². The van der Waals surface area contributed by atoms with Crippen molar-refractivity contribution >= 4 is 0 Å². The van der Waals surface area contributed by atoms with Crippen molar-refractivity contribution < 1.29 is 9.84 Å². The second kappa shape index (κ2) is 7.24. The highest BCUT2D eigenvalue weighted by Gasteiger charge is 2.23. The van der Waals surface area contributed by atoms with Gasteiger partial charge in [0.1, 0.15) is 0 Å². The quantitative estimate of drug-likeness (QED) is 0.708. The van der Waals surface area contributed by atoms with Crippen LogP contribution < -0.4 is 0 Å². The maximum Gasteiger partial charge on any atom is 0.0595 e. The normalized spacial score (nSPS) is 16.4. The first-order valence-corrected chi connectivity index (χ1v) is 6.14. The van der Waals surface area contributed by atoms with Crippen LogP contribution in [0.25, 0.3) is 0 Å². The molecule has 0 spiro atoms. The molecule has 2 atom stereocenters. The minimum absolute atomic E-state index is 0.233. The van der Waals surface area contributed by atoms with Crippen LogP contribution in [-0.2, 0) is 4.74 Å². The summed E-state index contributed by atoms with van der Waals surface area (Å²) >= 11 is 0. The summed E-state index contributed by atoms with van der Waals surface area (Å²) in [5.41, 5.74) is 0. The van der Waals surface area contributed by atoms with Crippen LogP contribution in [0.3, 0.4) is 0 Å². The highest BCUT2D eigenvalue weighted by atomic mass is 16.5. The molecule has 2 heteroatoms. The van der Waals surface area contributed by atoms with Gasteiger partial charge in [0.05, 0.1) is 18.8 Å². The van der Waals surface area contributed by atoms with Gasteiger partial charge in [-0.25, -0.2) is 0 Å². The number of rotatable bonds is 7. The molecule has 1 N–H and O–H groups in total. The highest BCUT2D eigenvalue weighted by Crippen LogP contribution is 2.21. The molecule has 15 heavy (non-hydrogen) atoms. The van der Waals surface area contributed by atoms with Gasteiger partial charge in [-0.2, -0.15) is 0 Å². The lowest BCUT2D eigenvalue weighted by Gasteiger charge is -2.28. The summed E-state index contributed by atoms with van der Waals surface area (Å²) in [6.07, 6.45) is 0.880. The minimum Gasteiger partial charge on any atom is -0.393 e. The van der Waals surface area contributed by atoms with Crippen LogP contribution >= 0.6 is 0 Å². The van der Waals surface area contributed by atoms with E-state index in [1.165, 1.54) is 0 Å². The first-order valence-electron chi connectivity index (χ1n) is 6.14. The summed E-state index contributed by atoms with van der Waals surface area (Å²) < 4.78 is 5.61. The fraction of sp³-hybridized carbons (Fsp3) is 1.00. The largest absolute Gasteiger partial charge is 0.393 e. The van der Waals surface area contributed by atoms with E-state index in [1.54, 1.807) is 0 Å². The zero-order valence-corrected chi connectivity index (χ0v) is 11.2. The number of ether oxygens (including phenoxy) is 1. The molecule has 0 unspecified atom stereocenters. The fourth-order valence-corrected chi connectivity index (χ4v) is 1.71. The van der Waals surface area contributed by atoms with Gasteiger partial charge in [0, 0.05) is 5.92 Å². The molecule has 0 saturated carbocycles. The van der Waals surface area contributed by atoms with Crippen molar-refractivity contribution in [3.8, 4) is 0 Å². The van der Waals surface area contributed by atoms with Crippen molar-refractivity contribution in [3.63, 3.8) is 0 Å². The predicted octanol–water partition coefficient (Wildman–Crippen LogP) is 3.09. The Morgan fingerprint density at radius 2 is 1.53 bits per heavy atom. The molecule has 0 aliphatic rings. The first kappa shape index (κ1) is 14.9. The second-order valence-corrected chi connectivity index (χ2v) is 5.49. The van der Waals surface area contributed by atoms with Crippen LogP contribution in [0.15, 0.2) is 0 Å². The van der Waals surface area contributed by atoms with Gasteiger partial charge in [-0.15, -0.1) is 0 Å². The first-order chi connectivity index (χ1) is 6.84. The Labute approximate surface area is 95.0 Å². The lowest BCUT2D eigenvalue weighted by Crippen LogP contribution is -2.31. The maximum atomic E-state index is 10.1. The predicted molar refractivity (Wildman–Crippen MR) is 64.9 cm³/mol. The van der Waals surface area contributed by atoms with Gasteiger partial charge in [0.15, 0.2) is 0 Å². The van der Waals surface area contributed by atoms with E-state index in [-0.39, 0.29) is 18.1 Å². The Kier molecular flexibility index (Phi) is 7.20. The summed E-state index contributed by atoms with van der Waals surface area (Å²) in [4.78, 5) is 0. The second-order valence-electron chi connectivity index (χ2n) is 5.49. The molecular formula is C13H28O2. The van der Waals surface area contributed by atoms with Crippen LogP contribution in [0, 0.1) is 17.8 Å². The summed E-state index contributed by atoms with van der Waals surface area (Å²) in [5.74, 6) is 1.27. The standard InChI is InChI=1S/C13H28O2/c1-9(2)7-13(14)12(10(3)4)8-15-11(5)6/h9-14H,7-8H2,1-6H3/t12-,13-/m1/s1. The molecule has 0 fully saturated rings. The molecule has 0 aromatic rings. The Balaban J connectivity index is 4.13. The van der Waals surface area contributed by atoms with E-state index < -0.39 is 0 Å². The van der Waals surface area contributed by atoms with Crippen LogP contribution in [0.2, 0.25) is 0 Å². The molecular weight excluding hydrogens is 188 g/mol. The van der Waals surface area contributed by atoms with Crippen molar-refractivity contribution in [1.29, 1.82) is 0 Å². The van der Waals surface area contributed by atoms with Crippen molar-refractivity contribution in [3.05, 3.63) is 0 Å². The van der Waals surface area contributed by atoms with E-state index in [1.807, 2.05) is 13.8 Å². The van der Waals surface area contributed by atoms with Crippen LogP contribution in [-0.4, -0.2) is 23.9 Å². The van der Waals surface area contributed by atoms with Gasteiger partial charge in [0.25, 0.3) is 0 Å².